The van der Waals surface area contributed by atoms with Gasteiger partial charge in [0.1, 0.15) is 6.54 Å². The summed E-state index contributed by atoms with van der Waals surface area (Å²) in [4.78, 5) is 14.4. The fourth-order valence-corrected chi connectivity index (χ4v) is 3.84. The fourth-order valence-electron chi connectivity index (χ4n) is 3.84. The fraction of sp³-hybridized carbons (Fsp3) is 0.444. The molecule has 2 aliphatic rings. The summed E-state index contributed by atoms with van der Waals surface area (Å²) >= 11 is 0. The first-order valence-corrected chi connectivity index (χ1v) is 8.49. The minimum Gasteiger partial charge on any atom is -0.310 e. The summed E-state index contributed by atoms with van der Waals surface area (Å²) in [6.07, 6.45) is -1.22. The molecule has 2 aromatic rings. The molecule has 0 saturated carbocycles. The summed E-state index contributed by atoms with van der Waals surface area (Å²) in [7, 11) is 0. The van der Waals surface area contributed by atoms with Crippen molar-refractivity contribution in [3.63, 3.8) is 0 Å². The number of carbonyl (C=O) groups excluding carboxylic acids is 1. The first-order valence-electron chi connectivity index (χ1n) is 8.49. The van der Waals surface area contributed by atoms with Crippen LogP contribution in [0.4, 0.5) is 18.9 Å². The molecule has 0 N–H and O–H groups in total. The molecule has 4 nitrogen and oxygen atoms in total. The lowest BCUT2D eigenvalue weighted by molar-refractivity contribution is -0.142. The van der Waals surface area contributed by atoms with E-state index in [9.17, 15) is 18.0 Å². The molecule has 1 aromatic carbocycles. The number of hydrogen-bond acceptors (Lipinski definition) is 2. The number of fused-ring (bicyclic) bond motifs is 2. The van der Waals surface area contributed by atoms with Crippen LogP contribution in [-0.2, 0) is 36.8 Å². The van der Waals surface area contributed by atoms with Gasteiger partial charge in [0.2, 0.25) is 5.91 Å². The van der Waals surface area contributed by atoms with E-state index in [-0.39, 0.29) is 18.0 Å². The van der Waals surface area contributed by atoms with Crippen LogP contribution in [0.15, 0.2) is 24.3 Å². The average Bonchev–Trinajstić information content (AvgIpc) is 3.16. The first kappa shape index (κ1) is 16.2. The highest BCUT2D eigenvalue weighted by molar-refractivity contribution is 5.95. The molecule has 1 aliphatic heterocycles. The van der Waals surface area contributed by atoms with E-state index in [1.54, 1.807) is 4.90 Å². The van der Waals surface area contributed by atoms with Gasteiger partial charge in [-0.15, -0.1) is 0 Å². The van der Waals surface area contributed by atoms with Gasteiger partial charge in [0.25, 0.3) is 0 Å². The summed E-state index contributed by atoms with van der Waals surface area (Å²) in [5, 5.41) is 3.77. The van der Waals surface area contributed by atoms with Crippen LogP contribution in [-0.4, -0.2) is 22.2 Å². The zero-order valence-electron chi connectivity index (χ0n) is 13.6. The lowest BCUT2D eigenvalue weighted by Gasteiger charge is -2.19. The van der Waals surface area contributed by atoms with Gasteiger partial charge in [-0.2, -0.15) is 18.3 Å². The second-order valence-electron chi connectivity index (χ2n) is 6.56. The molecule has 1 aliphatic carbocycles. The number of halogens is 3. The molecule has 0 atom stereocenters. The highest BCUT2D eigenvalue weighted by Gasteiger charge is 2.40. The minimum absolute atomic E-state index is 0.146. The number of hydrogen-bond donors (Lipinski definition) is 0. The second-order valence-corrected chi connectivity index (χ2v) is 6.56. The number of nitrogens with zero attached hydrogens (tertiary/aromatic N) is 3. The zero-order chi connectivity index (χ0) is 17.6. The number of para-hydroxylation sites is 1. The SMILES string of the molecule is O=C(Cn1nc(C(F)(F)F)c2c1CCCC2)N1CCc2ccccc21. The summed E-state index contributed by atoms with van der Waals surface area (Å²) in [6.45, 7) is 0.417. The molecule has 0 radical (unpaired) electrons. The summed E-state index contributed by atoms with van der Waals surface area (Å²) in [5.41, 5.74) is 1.96. The lowest BCUT2D eigenvalue weighted by atomic mass is 9.95. The molecular weight excluding hydrogens is 331 g/mol. The van der Waals surface area contributed by atoms with Gasteiger partial charge in [0.05, 0.1) is 0 Å². The molecule has 0 spiro atoms. The van der Waals surface area contributed by atoms with Crippen molar-refractivity contribution in [2.24, 2.45) is 0 Å². The van der Waals surface area contributed by atoms with E-state index in [2.05, 4.69) is 5.10 Å². The van der Waals surface area contributed by atoms with Crippen LogP contribution in [0.1, 0.15) is 35.4 Å². The maximum absolute atomic E-state index is 13.3. The quantitative estimate of drug-likeness (QED) is 0.834. The van der Waals surface area contributed by atoms with Crippen molar-refractivity contribution in [1.29, 1.82) is 0 Å². The van der Waals surface area contributed by atoms with Crippen molar-refractivity contribution in [3.8, 4) is 0 Å². The van der Waals surface area contributed by atoms with E-state index in [1.165, 1.54) is 4.68 Å². The Morgan fingerprint density at radius 2 is 1.88 bits per heavy atom. The van der Waals surface area contributed by atoms with Gasteiger partial charge in [-0.3, -0.25) is 9.48 Å². The van der Waals surface area contributed by atoms with Crippen molar-refractivity contribution in [2.75, 3.05) is 11.4 Å². The number of rotatable bonds is 2. The Bertz CT molecular complexity index is 825. The number of alkyl halides is 3. The topological polar surface area (TPSA) is 38.1 Å². The monoisotopic (exact) mass is 349 g/mol. The maximum atomic E-state index is 13.3. The number of carbonyl (C=O) groups is 1. The van der Waals surface area contributed by atoms with E-state index in [1.807, 2.05) is 24.3 Å². The normalized spacial score (nSPS) is 16.7. The van der Waals surface area contributed by atoms with E-state index < -0.39 is 11.9 Å². The summed E-state index contributed by atoms with van der Waals surface area (Å²) in [5.74, 6) is -0.213. The van der Waals surface area contributed by atoms with Crippen LogP contribution < -0.4 is 4.90 Å². The van der Waals surface area contributed by atoms with Crippen LogP contribution in [0.25, 0.3) is 0 Å². The standard InChI is InChI=1S/C18H18F3N3O/c19-18(20,21)17-13-6-2-4-8-15(13)24(22-17)11-16(25)23-10-9-12-5-1-3-7-14(12)23/h1,3,5,7H,2,4,6,8-11H2. The van der Waals surface area contributed by atoms with Gasteiger partial charge in [-0.25, -0.2) is 0 Å². The molecule has 4 rings (SSSR count). The Hall–Kier alpha value is -2.31. The lowest BCUT2D eigenvalue weighted by Crippen LogP contribution is -2.33. The zero-order valence-corrected chi connectivity index (χ0v) is 13.6. The number of benzene rings is 1. The van der Waals surface area contributed by atoms with Crippen LogP contribution >= 0.6 is 0 Å². The van der Waals surface area contributed by atoms with E-state index >= 15 is 0 Å². The number of amides is 1. The smallest absolute Gasteiger partial charge is 0.310 e. The van der Waals surface area contributed by atoms with Gasteiger partial charge < -0.3 is 4.90 Å². The third kappa shape index (κ3) is 2.81. The van der Waals surface area contributed by atoms with Gasteiger partial charge >= 0.3 is 6.18 Å². The Labute approximate surface area is 143 Å². The molecule has 132 valence electrons. The molecular formula is C18H18F3N3O. The van der Waals surface area contributed by atoms with Crippen molar-refractivity contribution in [3.05, 3.63) is 46.8 Å². The Morgan fingerprint density at radius 3 is 2.68 bits per heavy atom. The number of anilines is 1. The van der Waals surface area contributed by atoms with E-state index in [4.69, 9.17) is 0 Å². The molecule has 0 unspecified atom stereocenters. The predicted octanol–water partition coefficient (Wildman–Crippen LogP) is 3.37. The van der Waals surface area contributed by atoms with Crippen molar-refractivity contribution in [2.45, 2.75) is 44.8 Å². The predicted molar refractivity (Wildman–Crippen MR) is 86.4 cm³/mol. The van der Waals surface area contributed by atoms with Gasteiger partial charge in [0, 0.05) is 23.5 Å². The Morgan fingerprint density at radius 1 is 1.12 bits per heavy atom. The molecule has 1 aromatic heterocycles. The van der Waals surface area contributed by atoms with Crippen molar-refractivity contribution in [1.82, 2.24) is 9.78 Å². The number of aromatic nitrogens is 2. The van der Waals surface area contributed by atoms with Gasteiger partial charge in [-0.1, -0.05) is 18.2 Å². The molecule has 0 fully saturated rings. The largest absolute Gasteiger partial charge is 0.435 e. The van der Waals surface area contributed by atoms with Crippen LogP contribution in [0, 0.1) is 0 Å². The third-order valence-corrected chi connectivity index (χ3v) is 5.00. The average molecular weight is 349 g/mol. The highest BCUT2D eigenvalue weighted by atomic mass is 19.4. The minimum atomic E-state index is -4.48. The van der Waals surface area contributed by atoms with E-state index in [0.717, 1.165) is 30.5 Å². The van der Waals surface area contributed by atoms with Crippen LogP contribution in [0.3, 0.4) is 0 Å². The molecule has 0 bridgehead atoms. The van der Waals surface area contributed by atoms with Crippen molar-refractivity contribution < 1.29 is 18.0 Å². The van der Waals surface area contributed by atoms with Crippen LogP contribution in [0.2, 0.25) is 0 Å². The van der Waals surface area contributed by atoms with E-state index in [0.29, 0.717) is 25.1 Å². The molecule has 0 saturated heterocycles. The molecule has 1 amide bonds. The first-order chi connectivity index (χ1) is 11.9. The Balaban J connectivity index is 1.63. The second kappa shape index (κ2) is 5.89. The van der Waals surface area contributed by atoms with Gasteiger partial charge in [0.15, 0.2) is 5.69 Å². The maximum Gasteiger partial charge on any atom is 0.435 e. The molecule has 25 heavy (non-hydrogen) atoms. The van der Waals surface area contributed by atoms with Crippen molar-refractivity contribution >= 4 is 11.6 Å². The summed E-state index contributed by atoms with van der Waals surface area (Å²) < 4.78 is 41.0. The highest BCUT2D eigenvalue weighted by Crippen LogP contribution is 2.36. The molecule has 2 heterocycles. The van der Waals surface area contributed by atoms with Gasteiger partial charge in [-0.05, 0) is 43.7 Å². The third-order valence-electron chi connectivity index (χ3n) is 5.00. The molecule has 7 heteroatoms. The Kier molecular flexibility index (Phi) is 3.81. The van der Waals surface area contributed by atoms with Crippen LogP contribution in [0.5, 0.6) is 0 Å². The summed E-state index contributed by atoms with van der Waals surface area (Å²) in [6, 6.07) is 7.63.